The first kappa shape index (κ1) is 8.85. The van der Waals surface area contributed by atoms with E-state index in [9.17, 15) is 0 Å². The van der Waals surface area contributed by atoms with Crippen molar-refractivity contribution in [2.75, 3.05) is 6.61 Å². The molecule has 0 aromatic carbocycles. The predicted octanol–water partition coefficient (Wildman–Crippen LogP) is -0.548. The molecule has 0 amide bonds. The third-order valence-corrected chi connectivity index (χ3v) is 1.71. The van der Waals surface area contributed by atoms with E-state index in [0.717, 1.165) is 0 Å². The number of aromatic nitrogens is 4. The van der Waals surface area contributed by atoms with Crippen LogP contribution >= 0.6 is 0 Å². The Hall–Kier alpha value is -1.73. The van der Waals surface area contributed by atoms with E-state index in [1.807, 2.05) is 0 Å². The summed E-state index contributed by atoms with van der Waals surface area (Å²) >= 11 is 0. The number of hydrogen-bond donors (Lipinski definition) is 3. The second-order valence-electron chi connectivity index (χ2n) is 2.73. The van der Waals surface area contributed by atoms with Crippen molar-refractivity contribution < 1.29 is 9.63 Å². The van der Waals surface area contributed by atoms with Crippen LogP contribution in [0.2, 0.25) is 0 Å². The number of aliphatic hydroxyl groups excluding tert-OH is 1. The molecular weight excluding hydrogens is 186 g/mol. The Balaban J connectivity index is 2.26. The van der Waals surface area contributed by atoms with Crippen LogP contribution in [0, 0.1) is 0 Å². The second kappa shape index (κ2) is 3.56. The maximum Gasteiger partial charge on any atom is 0.246 e. The highest BCUT2D eigenvalue weighted by Gasteiger charge is 2.14. The third-order valence-electron chi connectivity index (χ3n) is 1.71. The van der Waals surface area contributed by atoms with E-state index in [0.29, 0.717) is 11.4 Å². The van der Waals surface area contributed by atoms with Crippen LogP contribution in [-0.2, 0) is 0 Å². The highest BCUT2D eigenvalue weighted by molar-refractivity contribution is 5.50. The van der Waals surface area contributed by atoms with Gasteiger partial charge >= 0.3 is 0 Å². The average Bonchev–Trinajstić information content (AvgIpc) is 2.86. The first-order valence-electron chi connectivity index (χ1n) is 4.00. The standard InChI is InChI=1S/C7H9N5O2/c8-5(3-13)7-11-6(12-14-7)4-1-9-10-2-4/h1-2,5,13H,3,8H2,(H,9,10)/t5-/m0/s1. The van der Waals surface area contributed by atoms with Gasteiger partial charge in [-0.05, 0) is 0 Å². The van der Waals surface area contributed by atoms with Gasteiger partial charge in [-0.25, -0.2) is 0 Å². The molecule has 14 heavy (non-hydrogen) atoms. The van der Waals surface area contributed by atoms with Gasteiger partial charge in [0, 0.05) is 6.20 Å². The van der Waals surface area contributed by atoms with Crippen molar-refractivity contribution in [3.05, 3.63) is 18.3 Å². The lowest BCUT2D eigenvalue weighted by Crippen LogP contribution is -2.14. The maximum atomic E-state index is 8.76. The SMILES string of the molecule is N[C@@H](CO)c1nc(-c2cn[nH]c2)no1. The fourth-order valence-electron chi connectivity index (χ4n) is 0.954. The van der Waals surface area contributed by atoms with Gasteiger partial charge in [0.15, 0.2) is 0 Å². The molecule has 0 fully saturated rings. The van der Waals surface area contributed by atoms with Gasteiger partial charge in [0.1, 0.15) is 6.04 Å². The number of nitrogens with one attached hydrogen (secondary N) is 1. The normalized spacial score (nSPS) is 13.0. The molecule has 2 aromatic rings. The number of aromatic amines is 1. The van der Waals surface area contributed by atoms with E-state index in [2.05, 4.69) is 20.3 Å². The molecule has 0 aliphatic carbocycles. The lowest BCUT2D eigenvalue weighted by molar-refractivity contribution is 0.237. The molecule has 0 spiro atoms. The quantitative estimate of drug-likeness (QED) is 0.605. The molecule has 2 heterocycles. The number of aliphatic hydroxyl groups is 1. The minimum atomic E-state index is -0.636. The average molecular weight is 195 g/mol. The van der Waals surface area contributed by atoms with Crippen LogP contribution in [0.1, 0.15) is 11.9 Å². The van der Waals surface area contributed by atoms with Crippen molar-refractivity contribution in [3.63, 3.8) is 0 Å². The molecule has 1 atom stereocenters. The Morgan fingerprint density at radius 2 is 2.50 bits per heavy atom. The van der Waals surface area contributed by atoms with Crippen LogP contribution in [0.15, 0.2) is 16.9 Å². The molecule has 7 heteroatoms. The highest BCUT2D eigenvalue weighted by atomic mass is 16.5. The first-order valence-corrected chi connectivity index (χ1v) is 4.00. The molecular formula is C7H9N5O2. The summed E-state index contributed by atoms with van der Waals surface area (Å²) in [6, 6.07) is -0.636. The summed E-state index contributed by atoms with van der Waals surface area (Å²) in [5.74, 6) is 0.612. The van der Waals surface area contributed by atoms with Crippen molar-refractivity contribution >= 4 is 0 Å². The number of hydrogen-bond acceptors (Lipinski definition) is 6. The molecule has 0 aliphatic heterocycles. The van der Waals surface area contributed by atoms with Gasteiger partial charge in [-0.2, -0.15) is 10.1 Å². The molecule has 0 saturated heterocycles. The molecule has 4 N–H and O–H groups in total. The zero-order valence-corrected chi connectivity index (χ0v) is 7.21. The molecule has 0 aliphatic rings. The van der Waals surface area contributed by atoms with E-state index >= 15 is 0 Å². The molecule has 0 radical (unpaired) electrons. The summed E-state index contributed by atoms with van der Waals surface area (Å²) in [6.45, 7) is -0.229. The van der Waals surface area contributed by atoms with E-state index in [-0.39, 0.29) is 12.5 Å². The van der Waals surface area contributed by atoms with Gasteiger partial charge in [-0.15, -0.1) is 0 Å². The van der Waals surface area contributed by atoms with Crippen molar-refractivity contribution in [3.8, 4) is 11.4 Å². The van der Waals surface area contributed by atoms with Gasteiger partial charge in [0.2, 0.25) is 11.7 Å². The van der Waals surface area contributed by atoms with Crippen LogP contribution in [-0.4, -0.2) is 32.1 Å². The number of H-pyrrole nitrogens is 1. The summed E-state index contributed by atoms with van der Waals surface area (Å²) < 4.78 is 4.85. The van der Waals surface area contributed by atoms with E-state index < -0.39 is 6.04 Å². The van der Waals surface area contributed by atoms with Crippen LogP contribution < -0.4 is 5.73 Å². The van der Waals surface area contributed by atoms with Crippen LogP contribution in [0.4, 0.5) is 0 Å². The Morgan fingerprint density at radius 1 is 1.64 bits per heavy atom. The zero-order valence-electron chi connectivity index (χ0n) is 7.21. The number of rotatable bonds is 3. The fourth-order valence-corrected chi connectivity index (χ4v) is 0.954. The molecule has 74 valence electrons. The van der Waals surface area contributed by atoms with Crippen molar-refractivity contribution in [2.24, 2.45) is 5.73 Å². The predicted molar refractivity (Wildman–Crippen MR) is 45.9 cm³/mol. The van der Waals surface area contributed by atoms with Crippen LogP contribution in [0.25, 0.3) is 11.4 Å². The molecule has 0 bridgehead atoms. The zero-order chi connectivity index (χ0) is 9.97. The number of nitrogens with zero attached hydrogens (tertiary/aromatic N) is 3. The van der Waals surface area contributed by atoms with E-state index in [1.54, 1.807) is 12.4 Å². The minimum absolute atomic E-state index is 0.212. The van der Waals surface area contributed by atoms with Gasteiger partial charge in [-0.1, -0.05) is 5.16 Å². The minimum Gasteiger partial charge on any atom is -0.394 e. The lowest BCUT2D eigenvalue weighted by Gasteiger charge is -1.98. The summed E-state index contributed by atoms with van der Waals surface area (Å²) in [5, 5.41) is 18.8. The summed E-state index contributed by atoms with van der Waals surface area (Å²) in [7, 11) is 0. The molecule has 0 saturated carbocycles. The number of nitrogens with two attached hydrogens (primary N) is 1. The van der Waals surface area contributed by atoms with Gasteiger partial charge < -0.3 is 15.4 Å². The second-order valence-corrected chi connectivity index (χ2v) is 2.73. The van der Waals surface area contributed by atoms with Crippen molar-refractivity contribution in [2.45, 2.75) is 6.04 Å². The van der Waals surface area contributed by atoms with Gasteiger partial charge in [0.05, 0.1) is 18.4 Å². The van der Waals surface area contributed by atoms with Gasteiger partial charge in [0.25, 0.3) is 0 Å². The van der Waals surface area contributed by atoms with E-state index in [4.69, 9.17) is 15.4 Å². The molecule has 7 nitrogen and oxygen atoms in total. The summed E-state index contributed by atoms with van der Waals surface area (Å²) in [5.41, 5.74) is 6.20. The maximum absolute atomic E-state index is 8.76. The third kappa shape index (κ3) is 1.50. The topological polar surface area (TPSA) is 114 Å². The van der Waals surface area contributed by atoms with Crippen molar-refractivity contribution in [1.29, 1.82) is 0 Å². The monoisotopic (exact) mass is 195 g/mol. The van der Waals surface area contributed by atoms with Crippen LogP contribution in [0.5, 0.6) is 0 Å². The lowest BCUT2D eigenvalue weighted by atomic mass is 10.3. The molecule has 2 rings (SSSR count). The van der Waals surface area contributed by atoms with E-state index in [1.165, 1.54) is 0 Å². The van der Waals surface area contributed by atoms with Gasteiger partial charge in [-0.3, -0.25) is 5.10 Å². The Kier molecular flexibility index (Phi) is 2.25. The highest BCUT2D eigenvalue weighted by Crippen LogP contribution is 2.15. The Labute approximate surface area is 78.9 Å². The first-order chi connectivity index (χ1) is 6.81. The molecule has 2 aromatic heterocycles. The fraction of sp³-hybridized carbons (Fsp3) is 0.286. The smallest absolute Gasteiger partial charge is 0.246 e. The Bertz CT molecular complexity index is 396. The Morgan fingerprint density at radius 3 is 3.14 bits per heavy atom. The molecule has 0 unspecified atom stereocenters. The summed E-state index contributed by atoms with van der Waals surface area (Å²) in [6.07, 6.45) is 3.21. The van der Waals surface area contributed by atoms with Crippen molar-refractivity contribution in [1.82, 2.24) is 20.3 Å². The largest absolute Gasteiger partial charge is 0.394 e. The van der Waals surface area contributed by atoms with Crippen LogP contribution in [0.3, 0.4) is 0 Å². The summed E-state index contributed by atoms with van der Waals surface area (Å²) in [4.78, 5) is 4.00.